The number of rotatable bonds is 5. The van der Waals surface area contributed by atoms with Gasteiger partial charge in [0.1, 0.15) is 5.58 Å². The van der Waals surface area contributed by atoms with Gasteiger partial charge in [0.25, 0.3) is 0 Å². The standard InChI is InChI=1S/C13H17NO/c1-2-3-4-8-14-12-5-6-13-11(10-12)7-9-15-13/h5-7,9-10,14H,2-4,8H2,1H3. The van der Waals surface area contributed by atoms with Crippen molar-refractivity contribution >= 4 is 16.7 Å². The minimum absolute atomic E-state index is 0.953. The summed E-state index contributed by atoms with van der Waals surface area (Å²) in [7, 11) is 0. The Labute approximate surface area is 90.3 Å². The molecule has 2 aromatic rings. The van der Waals surface area contributed by atoms with E-state index in [0.29, 0.717) is 0 Å². The largest absolute Gasteiger partial charge is 0.464 e. The summed E-state index contributed by atoms with van der Waals surface area (Å²) < 4.78 is 5.29. The van der Waals surface area contributed by atoms with Crippen molar-refractivity contribution in [2.75, 3.05) is 11.9 Å². The Kier molecular flexibility index (Phi) is 3.28. The molecule has 0 aliphatic carbocycles. The van der Waals surface area contributed by atoms with Crippen LogP contribution in [-0.2, 0) is 0 Å². The number of unbranched alkanes of at least 4 members (excludes halogenated alkanes) is 2. The van der Waals surface area contributed by atoms with Gasteiger partial charge in [-0.05, 0) is 30.7 Å². The Balaban J connectivity index is 1.96. The first-order valence-corrected chi connectivity index (χ1v) is 5.61. The second kappa shape index (κ2) is 4.87. The number of fused-ring (bicyclic) bond motifs is 1. The summed E-state index contributed by atoms with van der Waals surface area (Å²) in [4.78, 5) is 0. The van der Waals surface area contributed by atoms with E-state index < -0.39 is 0 Å². The van der Waals surface area contributed by atoms with E-state index >= 15 is 0 Å². The van der Waals surface area contributed by atoms with Gasteiger partial charge in [-0.1, -0.05) is 19.8 Å². The maximum Gasteiger partial charge on any atom is 0.133 e. The lowest BCUT2D eigenvalue weighted by atomic mass is 10.2. The van der Waals surface area contributed by atoms with Gasteiger partial charge in [0, 0.05) is 17.6 Å². The molecule has 0 unspecified atom stereocenters. The molecule has 0 radical (unpaired) electrons. The van der Waals surface area contributed by atoms with Crippen LogP contribution in [0.25, 0.3) is 11.0 Å². The molecule has 80 valence electrons. The predicted molar refractivity (Wildman–Crippen MR) is 64.2 cm³/mol. The van der Waals surface area contributed by atoms with Crippen LogP contribution in [0.5, 0.6) is 0 Å². The molecule has 0 fully saturated rings. The normalized spacial score (nSPS) is 10.7. The quantitative estimate of drug-likeness (QED) is 0.742. The molecule has 0 saturated carbocycles. The molecule has 0 bridgehead atoms. The molecule has 0 saturated heterocycles. The van der Waals surface area contributed by atoms with Crippen LogP contribution in [0.15, 0.2) is 34.9 Å². The van der Waals surface area contributed by atoms with Crippen LogP contribution in [0.3, 0.4) is 0 Å². The maximum absolute atomic E-state index is 5.29. The molecular formula is C13H17NO. The molecule has 1 aromatic carbocycles. The fraction of sp³-hybridized carbons (Fsp3) is 0.385. The molecule has 1 N–H and O–H groups in total. The molecule has 0 aliphatic rings. The van der Waals surface area contributed by atoms with Crippen LogP contribution in [0, 0.1) is 0 Å². The number of benzene rings is 1. The van der Waals surface area contributed by atoms with Crippen LogP contribution < -0.4 is 5.32 Å². The van der Waals surface area contributed by atoms with Gasteiger partial charge >= 0.3 is 0 Å². The summed E-state index contributed by atoms with van der Waals surface area (Å²) in [5, 5.41) is 4.58. The van der Waals surface area contributed by atoms with Crippen LogP contribution in [0.4, 0.5) is 5.69 Å². The van der Waals surface area contributed by atoms with Gasteiger partial charge in [0.15, 0.2) is 0 Å². The third-order valence-electron chi connectivity index (χ3n) is 2.56. The highest BCUT2D eigenvalue weighted by molar-refractivity contribution is 5.81. The second-order valence-corrected chi connectivity index (χ2v) is 3.81. The molecule has 2 heteroatoms. The summed E-state index contributed by atoms with van der Waals surface area (Å²) in [5.41, 5.74) is 2.13. The third kappa shape index (κ3) is 2.52. The molecule has 0 atom stereocenters. The molecule has 0 spiro atoms. The Morgan fingerprint density at radius 3 is 3.00 bits per heavy atom. The summed E-state index contributed by atoms with van der Waals surface area (Å²) in [6.45, 7) is 3.27. The SMILES string of the molecule is CCCCCNc1ccc2occc2c1. The van der Waals surface area contributed by atoms with Crippen molar-refractivity contribution in [2.45, 2.75) is 26.2 Å². The summed E-state index contributed by atoms with van der Waals surface area (Å²) >= 11 is 0. The summed E-state index contributed by atoms with van der Waals surface area (Å²) in [6.07, 6.45) is 5.52. The highest BCUT2D eigenvalue weighted by Crippen LogP contribution is 2.19. The minimum Gasteiger partial charge on any atom is -0.464 e. The highest BCUT2D eigenvalue weighted by atomic mass is 16.3. The molecule has 1 heterocycles. The van der Waals surface area contributed by atoms with Crippen LogP contribution in [0.1, 0.15) is 26.2 Å². The van der Waals surface area contributed by atoms with Gasteiger partial charge in [-0.3, -0.25) is 0 Å². The Morgan fingerprint density at radius 2 is 2.13 bits per heavy atom. The van der Waals surface area contributed by atoms with E-state index in [4.69, 9.17) is 4.42 Å². The van der Waals surface area contributed by atoms with E-state index in [1.165, 1.54) is 24.9 Å². The Hall–Kier alpha value is -1.44. The first kappa shape index (κ1) is 10.1. The van der Waals surface area contributed by atoms with E-state index in [2.05, 4.69) is 24.4 Å². The van der Waals surface area contributed by atoms with Gasteiger partial charge in [-0.2, -0.15) is 0 Å². The number of nitrogens with one attached hydrogen (secondary N) is 1. The van der Waals surface area contributed by atoms with Gasteiger partial charge < -0.3 is 9.73 Å². The first-order valence-electron chi connectivity index (χ1n) is 5.61. The van der Waals surface area contributed by atoms with Crippen molar-refractivity contribution < 1.29 is 4.42 Å². The zero-order chi connectivity index (χ0) is 10.5. The minimum atomic E-state index is 0.953. The van der Waals surface area contributed by atoms with Gasteiger partial charge in [-0.25, -0.2) is 0 Å². The van der Waals surface area contributed by atoms with Crippen molar-refractivity contribution in [3.8, 4) is 0 Å². The third-order valence-corrected chi connectivity index (χ3v) is 2.56. The molecule has 2 nitrogen and oxygen atoms in total. The summed E-state index contributed by atoms with van der Waals surface area (Å²) in [6, 6.07) is 8.20. The average molecular weight is 203 g/mol. The van der Waals surface area contributed by atoms with Gasteiger partial charge in [0.05, 0.1) is 6.26 Å². The van der Waals surface area contributed by atoms with Crippen molar-refractivity contribution in [3.05, 3.63) is 30.5 Å². The topological polar surface area (TPSA) is 25.2 Å². The van der Waals surface area contributed by atoms with Crippen LogP contribution >= 0.6 is 0 Å². The fourth-order valence-electron chi connectivity index (χ4n) is 1.68. The van der Waals surface area contributed by atoms with Crippen molar-refractivity contribution in [1.29, 1.82) is 0 Å². The molecule has 0 aliphatic heterocycles. The number of hydrogen-bond acceptors (Lipinski definition) is 2. The Bertz CT molecular complexity index is 419. The lowest BCUT2D eigenvalue weighted by Crippen LogP contribution is -2.00. The van der Waals surface area contributed by atoms with Gasteiger partial charge in [0.2, 0.25) is 0 Å². The van der Waals surface area contributed by atoms with Gasteiger partial charge in [-0.15, -0.1) is 0 Å². The van der Waals surface area contributed by atoms with E-state index in [1.807, 2.05) is 12.1 Å². The smallest absolute Gasteiger partial charge is 0.133 e. The maximum atomic E-state index is 5.29. The zero-order valence-electron chi connectivity index (χ0n) is 9.12. The number of furan rings is 1. The highest BCUT2D eigenvalue weighted by Gasteiger charge is 1.97. The lowest BCUT2D eigenvalue weighted by Gasteiger charge is -2.05. The van der Waals surface area contributed by atoms with Crippen molar-refractivity contribution in [3.63, 3.8) is 0 Å². The average Bonchev–Trinajstić information content (AvgIpc) is 2.71. The summed E-state index contributed by atoms with van der Waals surface area (Å²) in [5.74, 6) is 0. The van der Waals surface area contributed by atoms with Crippen molar-refractivity contribution in [1.82, 2.24) is 0 Å². The fourth-order valence-corrected chi connectivity index (χ4v) is 1.68. The lowest BCUT2D eigenvalue weighted by molar-refractivity contribution is 0.616. The Morgan fingerprint density at radius 1 is 1.20 bits per heavy atom. The van der Waals surface area contributed by atoms with E-state index in [1.54, 1.807) is 6.26 Å². The zero-order valence-corrected chi connectivity index (χ0v) is 9.12. The van der Waals surface area contributed by atoms with Crippen molar-refractivity contribution in [2.24, 2.45) is 0 Å². The van der Waals surface area contributed by atoms with E-state index in [9.17, 15) is 0 Å². The number of hydrogen-bond donors (Lipinski definition) is 1. The number of anilines is 1. The molecule has 15 heavy (non-hydrogen) atoms. The predicted octanol–water partition coefficient (Wildman–Crippen LogP) is 4.03. The monoisotopic (exact) mass is 203 g/mol. The molecule has 2 rings (SSSR count). The van der Waals surface area contributed by atoms with Crippen LogP contribution in [0.2, 0.25) is 0 Å². The second-order valence-electron chi connectivity index (χ2n) is 3.81. The molecule has 0 amide bonds. The van der Waals surface area contributed by atoms with E-state index in [0.717, 1.165) is 17.5 Å². The molecule has 1 aromatic heterocycles. The van der Waals surface area contributed by atoms with Crippen LogP contribution in [-0.4, -0.2) is 6.54 Å². The van der Waals surface area contributed by atoms with E-state index in [-0.39, 0.29) is 0 Å². The molecular weight excluding hydrogens is 186 g/mol. The first-order chi connectivity index (χ1) is 7.40.